The van der Waals surface area contributed by atoms with E-state index in [-0.39, 0.29) is 18.2 Å². The lowest BCUT2D eigenvalue weighted by Gasteiger charge is -2.12. The standard InChI is InChI=1S/C12H16FNO3/c13-10-2-1-3-11(7-10)17-5-4-9(8-14)6-12(15)16/h1-3,7,9H,4-6,8,14H2,(H,15,16). The van der Waals surface area contributed by atoms with Crippen molar-refractivity contribution in [3.8, 4) is 5.75 Å². The molecule has 0 saturated carbocycles. The number of carbonyl (C=O) groups is 1. The molecule has 0 heterocycles. The first-order chi connectivity index (χ1) is 8.11. The second kappa shape index (κ2) is 6.85. The van der Waals surface area contributed by atoms with Gasteiger partial charge in [-0.1, -0.05) is 6.07 Å². The number of carboxylic acids is 1. The molecule has 0 spiro atoms. The molecule has 1 unspecified atom stereocenters. The van der Waals surface area contributed by atoms with Gasteiger partial charge >= 0.3 is 5.97 Å². The van der Waals surface area contributed by atoms with Gasteiger partial charge in [0.15, 0.2) is 0 Å². The zero-order valence-corrected chi connectivity index (χ0v) is 9.43. The zero-order valence-electron chi connectivity index (χ0n) is 9.43. The Morgan fingerprint density at radius 3 is 2.88 bits per heavy atom. The van der Waals surface area contributed by atoms with E-state index in [4.69, 9.17) is 15.6 Å². The fraction of sp³-hybridized carbons (Fsp3) is 0.417. The number of benzene rings is 1. The van der Waals surface area contributed by atoms with Crippen LogP contribution >= 0.6 is 0 Å². The lowest BCUT2D eigenvalue weighted by Crippen LogP contribution is -2.20. The molecular weight excluding hydrogens is 225 g/mol. The topological polar surface area (TPSA) is 72.5 Å². The largest absolute Gasteiger partial charge is 0.493 e. The highest BCUT2D eigenvalue weighted by molar-refractivity contribution is 5.67. The molecule has 0 fully saturated rings. The van der Waals surface area contributed by atoms with E-state index in [2.05, 4.69) is 0 Å². The van der Waals surface area contributed by atoms with Gasteiger partial charge in [-0.15, -0.1) is 0 Å². The van der Waals surface area contributed by atoms with Crippen LogP contribution < -0.4 is 10.5 Å². The number of hydrogen-bond acceptors (Lipinski definition) is 3. The highest BCUT2D eigenvalue weighted by Gasteiger charge is 2.11. The van der Waals surface area contributed by atoms with Gasteiger partial charge < -0.3 is 15.6 Å². The van der Waals surface area contributed by atoms with Crippen molar-refractivity contribution in [3.63, 3.8) is 0 Å². The quantitative estimate of drug-likeness (QED) is 0.761. The molecule has 0 aliphatic heterocycles. The fourth-order valence-electron chi connectivity index (χ4n) is 1.45. The summed E-state index contributed by atoms with van der Waals surface area (Å²) in [5.74, 6) is -0.897. The molecule has 94 valence electrons. The Bertz CT molecular complexity index is 371. The molecule has 0 amide bonds. The summed E-state index contributed by atoms with van der Waals surface area (Å²) in [6, 6.07) is 5.83. The molecule has 3 N–H and O–H groups in total. The predicted molar refractivity (Wildman–Crippen MR) is 61.3 cm³/mol. The second-order valence-corrected chi connectivity index (χ2v) is 3.79. The third kappa shape index (κ3) is 5.31. The molecule has 4 nitrogen and oxygen atoms in total. The third-order valence-corrected chi connectivity index (χ3v) is 2.39. The van der Waals surface area contributed by atoms with Gasteiger partial charge in [0, 0.05) is 12.5 Å². The summed E-state index contributed by atoms with van der Waals surface area (Å²) in [6.07, 6.45) is 0.572. The molecule has 0 radical (unpaired) electrons. The number of carboxylic acid groups (broad SMARTS) is 1. The number of ether oxygens (including phenoxy) is 1. The summed E-state index contributed by atoms with van der Waals surface area (Å²) < 4.78 is 18.1. The Morgan fingerprint density at radius 2 is 2.29 bits per heavy atom. The Labute approximate surface area is 99.2 Å². The maximum atomic E-state index is 12.8. The molecule has 1 rings (SSSR count). The van der Waals surface area contributed by atoms with Crippen molar-refractivity contribution < 1.29 is 19.0 Å². The van der Waals surface area contributed by atoms with Crippen molar-refractivity contribution in [1.29, 1.82) is 0 Å². The van der Waals surface area contributed by atoms with Gasteiger partial charge in [-0.3, -0.25) is 4.79 Å². The van der Waals surface area contributed by atoms with Crippen LogP contribution in [0.3, 0.4) is 0 Å². The second-order valence-electron chi connectivity index (χ2n) is 3.79. The van der Waals surface area contributed by atoms with E-state index in [9.17, 15) is 9.18 Å². The van der Waals surface area contributed by atoms with Crippen LogP contribution in [0.4, 0.5) is 4.39 Å². The maximum Gasteiger partial charge on any atom is 0.303 e. The molecule has 0 aromatic heterocycles. The first kappa shape index (κ1) is 13.4. The van der Waals surface area contributed by atoms with E-state index in [1.54, 1.807) is 12.1 Å². The van der Waals surface area contributed by atoms with Crippen LogP contribution in [0.5, 0.6) is 5.75 Å². The monoisotopic (exact) mass is 241 g/mol. The van der Waals surface area contributed by atoms with Gasteiger partial charge in [0.2, 0.25) is 0 Å². The lowest BCUT2D eigenvalue weighted by atomic mass is 10.0. The molecule has 5 heteroatoms. The average molecular weight is 241 g/mol. The summed E-state index contributed by atoms with van der Waals surface area (Å²) in [5, 5.41) is 8.62. The number of hydrogen-bond donors (Lipinski definition) is 2. The van der Waals surface area contributed by atoms with Crippen LogP contribution in [0.25, 0.3) is 0 Å². The highest BCUT2D eigenvalue weighted by atomic mass is 19.1. The molecule has 1 atom stereocenters. The average Bonchev–Trinajstić information content (AvgIpc) is 2.27. The van der Waals surface area contributed by atoms with E-state index in [1.165, 1.54) is 12.1 Å². The SMILES string of the molecule is NCC(CCOc1cccc(F)c1)CC(=O)O. The van der Waals surface area contributed by atoms with Gasteiger partial charge in [0.1, 0.15) is 11.6 Å². The summed E-state index contributed by atoms with van der Waals surface area (Å²) in [4.78, 5) is 10.5. The van der Waals surface area contributed by atoms with Crippen molar-refractivity contribution in [2.75, 3.05) is 13.2 Å². The molecule has 0 saturated heterocycles. The Kier molecular flexibility index (Phi) is 5.42. The number of rotatable bonds is 7. The van der Waals surface area contributed by atoms with Crippen LogP contribution in [0.15, 0.2) is 24.3 Å². The van der Waals surface area contributed by atoms with Gasteiger partial charge in [-0.05, 0) is 31.0 Å². The third-order valence-electron chi connectivity index (χ3n) is 2.39. The minimum absolute atomic E-state index is 0.0308. The summed E-state index contributed by atoms with van der Waals surface area (Å²) in [5.41, 5.74) is 5.45. The predicted octanol–water partition coefficient (Wildman–Crippen LogP) is 1.64. The minimum atomic E-state index is -0.869. The van der Waals surface area contributed by atoms with Crippen LogP contribution in [0.2, 0.25) is 0 Å². The van der Waals surface area contributed by atoms with Gasteiger partial charge in [-0.2, -0.15) is 0 Å². The van der Waals surface area contributed by atoms with E-state index in [1.807, 2.05) is 0 Å². The first-order valence-corrected chi connectivity index (χ1v) is 5.42. The number of nitrogens with two attached hydrogens (primary N) is 1. The zero-order chi connectivity index (χ0) is 12.7. The number of halogens is 1. The molecule has 0 aliphatic rings. The highest BCUT2D eigenvalue weighted by Crippen LogP contribution is 2.14. The van der Waals surface area contributed by atoms with E-state index < -0.39 is 5.97 Å². The Hall–Kier alpha value is -1.62. The fourth-order valence-corrected chi connectivity index (χ4v) is 1.45. The van der Waals surface area contributed by atoms with Crippen LogP contribution in [0.1, 0.15) is 12.8 Å². The van der Waals surface area contributed by atoms with Crippen LogP contribution in [0, 0.1) is 11.7 Å². The number of aliphatic carboxylic acids is 1. The molecule has 1 aromatic rings. The first-order valence-electron chi connectivity index (χ1n) is 5.42. The normalized spacial score (nSPS) is 12.1. The van der Waals surface area contributed by atoms with Crippen molar-refractivity contribution in [2.24, 2.45) is 11.7 Å². The van der Waals surface area contributed by atoms with Crippen molar-refractivity contribution in [2.45, 2.75) is 12.8 Å². The smallest absolute Gasteiger partial charge is 0.303 e. The van der Waals surface area contributed by atoms with Gasteiger partial charge in [0.25, 0.3) is 0 Å². The minimum Gasteiger partial charge on any atom is -0.493 e. The van der Waals surface area contributed by atoms with Gasteiger partial charge in [0.05, 0.1) is 6.61 Å². The van der Waals surface area contributed by atoms with Crippen molar-refractivity contribution in [1.82, 2.24) is 0 Å². The molecule has 17 heavy (non-hydrogen) atoms. The Balaban J connectivity index is 2.33. The Morgan fingerprint density at radius 1 is 1.53 bits per heavy atom. The summed E-state index contributed by atoms with van der Waals surface area (Å²) in [7, 11) is 0. The molecule has 0 aliphatic carbocycles. The van der Waals surface area contributed by atoms with Crippen LogP contribution in [-0.2, 0) is 4.79 Å². The molecule has 1 aromatic carbocycles. The molecular formula is C12H16FNO3. The lowest BCUT2D eigenvalue weighted by molar-refractivity contribution is -0.138. The summed E-state index contributed by atoms with van der Waals surface area (Å²) in [6.45, 7) is 0.636. The van der Waals surface area contributed by atoms with Crippen LogP contribution in [-0.4, -0.2) is 24.2 Å². The maximum absolute atomic E-state index is 12.8. The van der Waals surface area contributed by atoms with Crippen molar-refractivity contribution in [3.05, 3.63) is 30.1 Å². The van der Waals surface area contributed by atoms with Crippen molar-refractivity contribution >= 4 is 5.97 Å². The van der Waals surface area contributed by atoms with Gasteiger partial charge in [-0.25, -0.2) is 4.39 Å². The van der Waals surface area contributed by atoms with E-state index in [0.717, 1.165) is 0 Å². The van der Waals surface area contributed by atoms with E-state index >= 15 is 0 Å². The van der Waals surface area contributed by atoms with E-state index in [0.29, 0.717) is 25.3 Å². The molecule has 0 bridgehead atoms. The summed E-state index contributed by atoms with van der Waals surface area (Å²) >= 11 is 0.